The minimum atomic E-state index is -0.123. The third-order valence-corrected chi connectivity index (χ3v) is 3.96. The highest BCUT2D eigenvalue weighted by atomic mass is 32.1. The summed E-state index contributed by atoms with van der Waals surface area (Å²) < 4.78 is 0. The molecule has 1 aromatic carbocycles. The third kappa shape index (κ3) is 2.61. The molecule has 0 aliphatic heterocycles. The van der Waals surface area contributed by atoms with E-state index >= 15 is 0 Å². The summed E-state index contributed by atoms with van der Waals surface area (Å²) in [5, 5.41) is 8.60. The van der Waals surface area contributed by atoms with Gasteiger partial charge in [0.05, 0.1) is 11.3 Å². The molecule has 0 unspecified atom stereocenters. The molecule has 1 aromatic heterocycles. The maximum absolute atomic E-state index is 12.2. The zero-order valence-corrected chi connectivity index (χ0v) is 11.5. The van der Waals surface area contributed by atoms with E-state index in [2.05, 4.69) is 15.6 Å². The lowest BCUT2D eigenvalue weighted by atomic mass is 10.1. The van der Waals surface area contributed by atoms with Crippen molar-refractivity contribution in [1.29, 1.82) is 0 Å². The van der Waals surface area contributed by atoms with Crippen molar-refractivity contribution in [2.24, 2.45) is 0 Å². The molecule has 19 heavy (non-hydrogen) atoms. The fraction of sp³-hybridized carbons (Fsp3) is 0.286. The molecule has 1 aliphatic carbocycles. The van der Waals surface area contributed by atoms with Crippen LogP contribution in [0.15, 0.2) is 29.6 Å². The van der Waals surface area contributed by atoms with Crippen LogP contribution in [-0.2, 0) is 0 Å². The van der Waals surface area contributed by atoms with Crippen LogP contribution < -0.4 is 10.6 Å². The Kier molecular flexibility index (Phi) is 3.21. The Bertz CT molecular complexity index is 604. The first-order chi connectivity index (χ1) is 9.28. The number of hydrogen-bond donors (Lipinski definition) is 2. The SMILES string of the molecule is CNc1ccccc1C(=O)Nc1nc(C2CC2)cs1. The van der Waals surface area contributed by atoms with E-state index in [-0.39, 0.29) is 5.91 Å². The van der Waals surface area contributed by atoms with E-state index in [0.29, 0.717) is 16.6 Å². The average Bonchev–Trinajstić information content (AvgIpc) is 3.19. The number of hydrogen-bond acceptors (Lipinski definition) is 4. The quantitative estimate of drug-likeness (QED) is 0.898. The summed E-state index contributed by atoms with van der Waals surface area (Å²) in [6.45, 7) is 0. The van der Waals surface area contributed by atoms with Gasteiger partial charge in [0.15, 0.2) is 5.13 Å². The zero-order chi connectivity index (χ0) is 13.2. The van der Waals surface area contributed by atoms with Crippen LogP contribution in [0, 0.1) is 0 Å². The number of thiazole rings is 1. The van der Waals surface area contributed by atoms with Crippen LogP contribution in [0.25, 0.3) is 0 Å². The van der Waals surface area contributed by atoms with E-state index in [1.807, 2.05) is 23.6 Å². The second-order valence-corrected chi connectivity index (χ2v) is 5.46. The molecule has 2 N–H and O–H groups in total. The molecule has 98 valence electrons. The summed E-state index contributed by atoms with van der Waals surface area (Å²) in [5.74, 6) is 0.494. The Morgan fingerprint density at radius 2 is 2.16 bits per heavy atom. The summed E-state index contributed by atoms with van der Waals surface area (Å²) in [6, 6.07) is 7.44. The van der Waals surface area contributed by atoms with Crippen molar-refractivity contribution in [3.8, 4) is 0 Å². The smallest absolute Gasteiger partial charge is 0.259 e. The fourth-order valence-corrected chi connectivity index (χ4v) is 2.76. The average molecular weight is 273 g/mol. The van der Waals surface area contributed by atoms with Gasteiger partial charge in [-0.1, -0.05) is 12.1 Å². The largest absolute Gasteiger partial charge is 0.387 e. The predicted octanol–water partition coefficient (Wildman–Crippen LogP) is 3.31. The van der Waals surface area contributed by atoms with Gasteiger partial charge in [-0.2, -0.15) is 0 Å². The second-order valence-electron chi connectivity index (χ2n) is 4.60. The summed E-state index contributed by atoms with van der Waals surface area (Å²) in [5.41, 5.74) is 2.56. The molecule has 1 heterocycles. The number of rotatable bonds is 4. The number of amides is 1. The topological polar surface area (TPSA) is 54.0 Å². The van der Waals surface area contributed by atoms with Gasteiger partial charge < -0.3 is 5.32 Å². The van der Waals surface area contributed by atoms with Crippen molar-refractivity contribution in [3.05, 3.63) is 40.9 Å². The van der Waals surface area contributed by atoms with Crippen LogP contribution in [0.5, 0.6) is 0 Å². The van der Waals surface area contributed by atoms with Crippen molar-refractivity contribution < 1.29 is 4.79 Å². The fourth-order valence-electron chi connectivity index (χ4n) is 1.97. The highest BCUT2D eigenvalue weighted by molar-refractivity contribution is 7.14. The van der Waals surface area contributed by atoms with Crippen LogP contribution in [0.3, 0.4) is 0 Å². The third-order valence-electron chi connectivity index (χ3n) is 3.18. The molecular weight excluding hydrogens is 258 g/mol. The number of carbonyl (C=O) groups excluding carboxylic acids is 1. The van der Waals surface area contributed by atoms with Crippen molar-refractivity contribution in [2.75, 3.05) is 17.7 Å². The molecule has 3 rings (SSSR count). The molecule has 2 aromatic rings. The van der Waals surface area contributed by atoms with Gasteiger partial charge in [0.25, 0.3) is 5.91 Å². The Hall–Kier alpha value is -1.88. The van der Waals surface area contributed by atoms with Gasteiger partial charge >= 0.3 is 0 Å². The second kappa shape index (κ2) is 5.01. The molecule has 1 saturated carbocycles. The molecule has 0 spiro atoms. The van der Waals surface area contributed by atoms with E-state index in [1.54, 1.807) is 13.1 Å². The number of aromatic nitrogens is 1. The van der Waals surface area contributed by atoms with Gasteiger partial charge in [-0.15, -0.1) is 11.3 Å². The van der Waals surface area contributed by atoms with Crippen LogP contribution in [-0.4, -0.2) is 17.9 Å². The lowest BCUT2D eigenvalue weighted by Gasteiger charge is -2.07. The first-order valence-corrected chi connectivity index (χ1v) is 7.19. The molecule has 1 aliphatic rings. The molecule has 4 nitrogen and oxygen atoms in total. The number of anilines is 2. The number of para-hydroxylation sites is 1. The number of carbonyl (C=O) groups is 1. The minimum Gasteiger partial charge on any atom is -0.387 e. The van der Waals surface area contributed by atoms with Gasteiger partial charge in [-0.25, -0.2) is 4.98 Å². The van der Waals surface area contributed by atoms with Crippen LogP contribution in [0.2, 0.25) is 0 Å². The first-order valence-electron chi connectivity index (χ1n) is 6.31. The molecule has 1 amide bonds. The van der Waals surface area contributed by atoms with Crippen molar-refractivity contribution in [3.63, 3.8) is 0 Å². The zero-order valence-electron chi connectivity index (χ0n) is 10.6. The minimum absolute atomic E-state index is 0.123. The summed E-state index contributed by atoms with van der Waals surface area (Å²) in [7, 11) is 1.81. The Labute approximate surface area is 115 Å². The van der Waals surface area contributed by atoms with Crippen molar-refractivity contribution >= 4 is 28.1 Å². The van der Waals surface area contributed by atoms with E-state index in [1.165, 1.54) is 24.2 Å². The summed E-state index contributed by atoms with van der Waals surface area (Å²) in [6.07, 6.45) is 2.44. The lowest BCUT2D eigenvalue weighted by molar-refractivity contribution is 0.102. The molecule has 1 fully saturated rings. The maximum Gasteiger partial charge on any atom is 0.259 e. The van der Waals surface area contributed by atoms with Gasteiger partial charge in [-0.05, 0) is 25.0 Å². The molecular formula is C14H15N3OS. The van der Waals surface area contributed by atoms with E-state index < -0.39 is 0 Å². The summed E-state index contributed by atoms with van der Waals surface area (Å²) >= 11 is 1.49. The van der Waals surface area contributed by atoms with Gasteiger partial charge in [0.1, 0.15) is 0 Å². The first kappa shape index (κ1) is 12.2. The Morgan fingerprint density at radius 1 is 1.37 bits per heavy atom. The van der Waals surface area contributed by atoms with Crippen LogP contribution in [0.1, 0.15) is 34.8 Å². The molecule has 0 atom stereocenters. The van der Waals surface area contributed by atoms with Crippen LogP contribution in [0.4, 0.5) is 10.8 Å². The van der Waals surface area contributed by atoms with Gasteiger partial charge in [-0.3, -0.25) is 10.1 Å². The number of nitrogens with zero attached hydrogens (tertiary/aromatic N) is 1. The predicted molar refractivity (Wildman–Crippen MR) is 78.0 cm³/mol. The van der Waals surface area contributed by atoms with E-state index in [0.717, 1.165) is 11.4 Å². The molecule has 0 saturated heterocycles. The van der Waals surface area contributed by atoms with Gasteiger partial charge in [0, 0.05) is 24.0 Å². The Balaban J connectivity index is 1.76. The van der Waals surface area contributed by atoms with Crippen LogP contribution >= 0.6 is 11.3 Å². The molecule has 0 bridgehead atoms. The van der Waals surface area contributed by atoms with E-state index in [4.69, 9.17) is 0 Å². The van der Waals surface area contributed by atoms with E-state index in [9.17, 15) is 4.79 Å². The normalized spacial score (nSPS) is 14.2. The lowest BCUT2D eigenvalue weighted by Crippen LogP contribution is -2.13. The Morgan fingerprint density at radius 3 is 2.89 bits per heavy atom. The molecule has 5 heteroatoms. The maximum atomic E-state index is 12.2. The van der Waals surface area contributed by atoms with Crippen molar-refractivity contribution in [2.45, 2.75) is 18.8 Å². The number of benzene rings is 1. The number of nitrogens with one attached hydrogen (secondary N) is 2. The van der Waals surface area contributed by atoms with Gasteiger partial charge in [0.2, 0.25) is 0 Å². The monoisotopic (exact) mass is 273 g/mol. The highest BCUT2D eigenvalue weighted by Gasteiger charge is 2.26. The standard InChI is InChI=1S/C14H15N3OS/c1-15-11-5-3-2-4-10(11)13(18)17-14-16-12(8-19-14)9-6-7-9/h2-5,8-9,15H,6-7H2,1H3,(H,16,17,18). The summed E-state index contributed by atoms with van der Waals surface area (Å²) in [4.78, 5) is 16.7. The highest BCUT2D eigenvalue weighted by Crippen LogP contribution is 2.40. The van der Waals surface area contributed by atoms with Crippen molar-refractivity contribution in [1.82, 2.24) is 4.98 Å². The molecule has 0 radical (unpaired) electrons.